The van der Waals surface area contributed by atoms with Crippen LogP contribution in [0.2, 0.25) is 0 Å². The Bertz CT molecular complexity index is 2050. The van der Waals surface area contributed by atoms with Gasteiger partial charge in [-0.25, -0.2) is 4.79 Å². The van der Waals surface area contributed by atoms with Crippen molar-refractivity contribution in [2.24, 2.45) is 35.1 Å². The summed E-state index contributed by atoms with van der Waals surface area (Å²) in [5, 5.41) is 57.1. The number of nitrogens with two attached hydrogens (primary N) is 2. The van der Waals surface area contributed by atoms with Gasteiger partial charge in [0.15, 0.2) is 0 Å². The highest BCUT2D eigenvalue weighted by Gasteiger charge is 2.41. The molecule has 73 heavy (non-hydrogen) atoms. The van der Waals surface area contributed by atoms with Crippen molar-refractivity contribution in [3.05, 3.63) is 29.8 Å². The lowest BCUT2D eigenvalue weighted by Crippen LogP contribution is -2.61. The van der Waals surface area contributed by atoms with Crippen molar-refractivity contribution < 1.29 is 68.4 Å². The number of carboxylic acids is 2. The lowest BCUT2D eigenvalue weighted by molar-refractivity contribution is -0.145. The van der Waals surface area contributed by atoms with Crippen molar-refractivity contribution in [3.63, 3.8) is 0 Å². The number of carbonyl (C=O) groups excluding carboxylic acids is 8. The van der Waals surface area contributed by atoms with Gasteiger partial charge in [-0.15, -0.1) is 0 Å². The van der Waals surface area contributed by atoms with Crippen LogP contribution in [-0.2, 0) is 54.4 Å². The Labute approximate surface area is 426 Å². The van der Waals surface area contributed by atoms with Gasteiger partial charge in [-0.1, -0.05) is 73.9 Å². The molecule has 15 N–H and O–H groups in total. The van der Waals surface area contributed by atoms with E-state index in [1.807, 2.05) is 13.8 Å². The summed E-state index contributed by atoms with van der Waals surface area (Å²) in [4.78, 5) is 135. The van der Waals surface area contributed by atoms with E-state index in [-0.39, 0.29) is 49.8 Å². The van der Waals surface area contributed by atoms with Crippen molar-refractivity contribution in [1.29, 1.82) is 0 Å². The van der Waals surface area contributed by atoms with Crippen LogP contribution >= 0.6 is 0 Å². The molecular weight excluding hydrogens is 953 g/mol. The van der Waals surface area contributed by atoms with Crippen LogP contribution in [0.4, 0.5) is 0 Å². The quantitative estimate of drug-likeness (QED) is 0.0386. The van der Waals surface area contributed by atoms with Crippen LogP contribution in [0.25, 0.3) is 0 Å². The highest BCUT2D eigenvalue weighted by atomic mass is 16.4. The molecule has 0 radical (unpaired) electrons. The number of nitrogens with one attached hydrogen (secondary N) is 7. The highest BCUT2D eigenvalue weighted by molar-refractivity contribution is 5.99. The van der Waals surface area contributed by atoms with E-state index in [1.165, 1.54) is 29.2 Å². The molecule has 410 valence electrons. The number of hydrogen-bond acceptors (Lipinski definition) is 14. The van der Waals surface area contributed by atoms with Gasteiger partial charge in [-0.3, -0.25) is 43.2 Å². The lowest BCUT2D eigenvalue weighted by Gasteiger charge is -2.32. The standard InChI is InChI=1S/C49H80N10O14/c1-25(2)20-32(42(65)54-34(22-29-14-16-30(61)17-15-29)45(68)58-40(28(7)8)49(72)73)53-46(69)36(24-60)56-43(66)35(23-38(62)63)55-47(70)37-13-11-19-59(37)48(71)39(27(5)6)57-44(67)33(21-26(3)4)52-41(64)31(51)12-9-10-18-50/h14-17,25-28,31-37,39-40,60-61H,9-13,18-24,50-51H2,1-8H3,(H,52,64)(H,53,69)(H,54,65)(H,55,70)(H,56,66)(H,57,67)(H,58,68)(H,62,63)(H,72,73)/t31-,32-,33-,34-,35-,36-,37-,39-,40-/m0/s1. The largest absolute Gasteiger partial charge is 0.508 e. The summed E-state index contributed by atoms with van der Waals surface area (Å²) in [5.74, 6) is -11.1. The zero-order chi connectivity index (χ0) is 55.3. The normalized spacial score (nSPS) is 16.8. The number of hydrogen-bond donors (Lipinski definition) is 13. The van der Waals surface area contributed by atoms with Crippen LogP contribution in [0.3, 0.4) is 0 Å². The Morgan fingerprint density at radius 3 is 1.62 bits per heavy atom. The minimum atomic E-state index is -1.85. The predicted octanol–water partition coefficient (Wildman–Crippen LogP) is -1.27. The van der Waals surface area contributed by atoms with Crippen molar-refractivity contribution in [2.75, 3.05) is 19.7 Å². The molecule has 0 saturated carbocycles. The molecule has 1 aromatic carbocycles. The van der Waals surface area contributed by atoms with E-state index in [1.54, 1.807) is 41.5 Å². The molecule has 1 fully saturated rings. The molecule has 1 aliphatic heterocycles. The lowest BCUT2D eigenvalue weighted by atomic mass is 9.98. The first-order valence-electron chi connectivity index (χ1n) is 24.9. The fourth-order valence-corrected chi connectivity index (χ4v) is 8.08. The SMILES string of the molecule is CC(C)C[C@H](NC(=O)[C@H](CO)NC(=O)[C@H](CC(=O)O)NC(=O)[C@@H]1CCCN1C(=O)[C@@H](NC(=O)[C@H](CC(C)C)NC(=O)[C@@H](N)CCCCN)C(C)C)C(=O)N[C@@H](Cc1ccc(O)cc1)C(=O)N[C@H](C(=O)O)C(C)C. The molecule has 2 rings (SSSR count). The first kappa shape index (κ1) is 62.7. The van der Waals surface area contributed by atoms with Crippen molar-refractivity contribution in [1.82, 2.24) is 42.1 Å². The Morgan fingerprint density at radius 2 is 1.11 bits per heavy atom. The minimum absolute atomic E-state index is 0.0314. The third-order valence-corrected chi connectivity index (χ3v) is 12.1. The molecule has 0 unspecified atom stereocenters. The van der Waals surface area contributed by atoms with Gasteiger partial charge in [-0.05, 0) is 86.4 Å². The number of rotatable bonds is 31. The summed E-state index contributed by atoms with van der Waals surface area (Å²) in [6, 6.07) is -6.40. The first-order valence-corrected chi connectivity index (χ1v) is 24.9. The van der Waals surface area contributed by atoms with E-state index in [9.17, 15) is 68.4 Å². The van der Waals surface area contributed by atoms with Crippen molar-refractivity contribution in [2.45, 2.75) is 168 Å². The number of likely N-dealkylation sites (tertiary alicyclic amines) is 1. The molecule has 0 bridgehead atoms. The third-order valence-electron chi connectivity index (χ3n) is 12.1. The zero-order valence-electron chi connectivity index (χ0n) is 43.3. The molecule has 0 spiro atoms. The van der Waals surface area contributed by atoms with Gasteiger partial charge in [-0.2, -0.15) is 0 Å². The molecule has 8 amide bonds. The van der Waals surface area contributed by atoms with Crippen LogP contribution in [0.1, 0.15) is 112 Å². The molecular formula is C49H80N10O14. The van der Waals surface area contributed by atoms with E-state index in [0.717, 1.165) is 0 Å². The number of benzene rings is 1. The number of unbranched alkanes of at least 4 members (excludes halogenated alkanes) is 1. The first-order chi connectivity index (χ1) is 34.2. The fourth-order valence-electron chi connectivity index (χ4n) is 8.08. The Kier molecular flexibility index (Phi) is 26.3. The van der Waals surface area contributed by atoms with E-state index < -0.39 is 138 Å². The Hall–Kier alpha value is -6.40. The topological polar surface area (TPSA) is 391 Å². The van der Waals surface area contributed by atoms with Gasteiger partial charge < -0.3 is 74.0 Å². The van der Waals surface area contributed by atoms with Gasteiger partial charge in [0, 0.05) is 13.0 Å². The molecule has 1 heterocycles. The van der Waals surface area contributed by atoms with Crippen LogP contribution in [0.5, 0.6) is 5.75 Å². The van der Waals surface area contributed by atoms with Crippen LogP contribution in [0, 0.1) is 23.7 Å². The second-order valence-corrected chi connectivity index (χ2v) is 20.1. The smallest absolute Gasteiger partial charge is 0.326 e. The zero-order valence-corrected chi connectivity index (χ0v) is 43.3. The Balaban J connectivity index is 2.30. The second kappa shape index (κ2) is 30.6. The number of aliphatic hydroxyl groups is 1. The number of carboxylic acid groups (broad SMARTS) is 2. The summed E-state index contributed by atoms with van der Waals surface area (Å²) < 4.78 is 0. The molecule has 0 aliphatic carbocycles. The number of phenolic OH excluding ortho intramolecular Hbond substituents is 1. The van der Waals surface area contributed by atoms with E-state index >= 15 is 0 Å². The minimum Gasteiger partial charge on any atom is -0.508 e. The number of aliphatic carboxylic acids is 2. The molecule has 0 aromatic heterocycles. The van der Waals surface area contributed by atoms with Gasteiger partial charge in [0.25, 0.3) is 0 Å². The van der Waals surface area contributed by atoms with Gasteiger partial charge in [0.1, 0.15) is 54.1 Å². The number of nitrogens with zero attached hydrogens (tertiary/aromatic N) is 1. The van der Waals surface area contributed by atoms with E-state index in [4.69, 9.17) is 11.5 Å². The van der Waals surface area contributed by atoms with Gasteiger partial charge in [0.05, 0.1) is 19.1 Å². The number of aliphatic hydroxyl groups excluding tert-OH is 1. The molecule has 1 aromatic rings. The summed E-state index contributed by atoms with van der Waals surface area (Å²) >= 11 is 0. The fraction of sp³-hybridized carbons (Fsp3) is 0.673. The van der Waals surface area contributed by atoms with Crippen molar-refractivity contribution >= 4 is 59.2 Å². The van der Waals surface area contributed by atoms with Crippen molar-refractivity contribution in [3.8, 4) is 5.75 Å². The van der Waals surface area contributed by atoms with E-state index in [0.29, 0.717) is 37.8 Å². The molecule has 24 heteroatoms. The number of carbonyl (C=O) groups is 10. The number of aromatic hydroxyl groups is 1. The molecule has 1 aliphatic rings. The maximum absolute atomic E-state index is 14.2. The summed E-state index contributed by atoms with van der Waals surface area (Å²) in [5.41, 5.74) is 12.1. The monoisotopic (exact) mass is 1030 g/mol. The second-order valence-electron chi connectivity index (χ2n) is 20.1. The van der Waals surface area contributed by atoms with Gasteiger partial charge >= 0.3 is 11.9 Å². The van der Waals surface area contributed by atoms with E-state index in [2.05, 4.69) is 37.2 Å². The Morgan fingerprint density at radius 1 is 0.630 bits per heavy atom. The highest BCUT2D eigenvalue weighted by Crippen LogP contribution is 2.22. The van der Waals surface area contributed by atoms with Crippen LogP contribution < -0.4 is 48.7 Å². The van der Waals surface area contributed by atoms with Crippen LogP contribution in [-0.4, -0.2) is 159 Å². The summed E-state index contributed by atoms with van der Waals surface area (Å²) in [6.07, 6.45) is 1.09. The average Bonchev–Trinajstić information content (AvgIpc) is 3.81. The maximum Gasteiger partial charge on any atom is 0.326 e. The summed E-state index contributed by atoms with van der Waals surface area (Å²) in [7, 11) is 0. The molecule has 24 nitrogen and oxygen atoms in total. The average molecular weight is 1030 g/mol. The predicted molar refractivity (Wildman–Crippen MR) is 267 cm³/mol. The number of amides is 8. The third kappa shape index (κ3) is 20.9. The summed E-state index contributed by atoms with van der Waals surface area (Å²) in [6.45, 7) is 13.1. The molecule has 1 saturated heterocycles. The number of phenols is 1. The van der Waals surface area contributed by atoms with Crippen LogP contribution in [0.15, 0.2) is 24.3 Å². The molecule has 9 atom stereocenters. The van der Waals surface area contributed by atoms with Gasteiger partial charge in [0.2, 0.25) is 47.3 Å². The maximum atomic E-state index is 14.2.